The van der Waals surface area contributed by atoms with Crippen LogP contribution in [-0.4, -0.2) is 37.7 Å². The molecule has 2 rings (SSSR count). The van der Waals surface area contributed by atoms with Crippen LogP contribution >= 0.6 is 0 Å². The molecular formula is C15H24N2O. The first-order valence-electron chi connectivity index (χ1n) is 6.85. The molecule has 1 aromatic carbocycles. The Bertz CT molecular complexity index is 338. The summed E-state index contributed by atoms with van der Waals surface area (Å²) in [5.41, 5.74) is 7.47. The summed E-state index contributed by atoms with van der Waals surface area (Å²) in [5.74, 6) is 0. The van der Waals surface area contributed by atoms with Crippen LogP contribution in [0.5, 0.6) is 0 Å². The van der Waals surface area contributed by atoms with Gasteiger partial charge in [0.2, 0.25) is 0 Å². The maximum atomic E-state index is 6.23. The van der Waals surface area contributed by atoms with Gasteiger partial charge in [0, 0.05) is 32.3 Å². The van der Waals surface area contributed by atoms with Crippen molar-refractivity contribution in [2.75, 3.05) is 26.8 Å². The molecule has 0 bridgehead atoms. The third-order valence-electron chi connectivity index (χ3n) is 3.60. The fraction of sp³-hybridized carbons (Fsp3) is 0.600. The summed E-state index contributed by atoms with van der Waals surface area (Å²) < 4.78 is 5.17. The summed E-state index contributed by atoms with van der Waals surface area (Å²) in [4.78, 5) is 2.52. The number of rotatable bonds is 8. The molecule has 0 amide bonds. The van der Waals surface area contributed by atoms with Crippen molar-refractivity contribution in [1.82, 2.24) is 4.90 Å². The molecule has 3 heteroatoms. The SMILES string of the molecule is COCCN(CCC(N)c1ccccc1)C1CC1. The molecule has 1 aromatic rings. The molecule has 18 heavy (non-hydrogen) atoms. The average Bonchev–Trinajstić information content (AvgIpc) is 3.24. The van der Waals surface area contributed by atoms with Crippen molar-refractivity contribution in [2.24, 2.45) is 5.73 Å². The first-order valence-corrected chi connectivity index (χ1v) is 6.85. The number of methoxy groups -OCH3 is 1. The fourth-order valence-electron chi connectivity index (χ4n) is 2.30. The first kappa shape index (κ1) is 13.5. The third kappa shape index (κ3) is 4.09. The van der Waals surface area contributed by atoms with Gasteiger partial charge in [-0.3, -0.25) is 4.90 Å². The molecule has 100 valence electrons. The maximum Gasteiger partial charge on any atom is 0.0589 e. The quantitative estimate of drug-likeness (QED) is 0.766. The van der Waals surface area contributed by atoms with Gasteiger partial charge in [0.15, 0.2) is 0 Å². The predicted octanol–water partition coefficient (Wildman–Crippen LogP) is 2.19. The molecule has 1 aliphatic rings. The number of hydrogen-bond donors (Lipinski definition) is 1. The number of benzene rings is 1. The van der Waals surface area contributed by atoms with Crippen molar-refractivity contribution < 1.29 is 4.74 Å². The Hall–Kier alpha value is -0.900. The lowest BCUT2D eigenvalue weighted by Gasteiger charge is -2.23. The lowest BCUT2D eigenvalue weighted by atomic mass is 10.0. The van der Waals surface area contributed by atoms with Crippen molar-refractivity contribution in [3.8, 4) is 0 Å². The number of nitrogens with zero attached hydrogens (tertiary/aromatic N) is 1. The lowest BCUT2D eigenvalue weighted by molar-refractivity contribution is 0.141. The van der Waals surface area contributed by atoms with E-state index in [0.29, 0.717) is 0 Å². The summed E-state index contributed by atoms with van der Waals surface area (Å²) in [6.07, 6.45) is 3.69. The summed E-state index contributed by atoms with van der Waals surface area (Å²) in [5, 5.41) is 0. The van der Waals surface area contributed by atoms with E-state index in [-0.39, 0.29) is 6.04 Å². The minimum absolute atomic E-state index is 0.148. The molecule has 0 saturated heterocycles. The van der Waals surface area contributed by atoms with E-state index >= 15 is 0 Å². The topological polar surface area (TPSA) is 38.5 Å². The molecule has 0 spiro atoms. The van der Waals surface area contributed by atoms with Crippen molar-refractivity contribution in [3.63, 3.8) is 0 Å². The van der Waals surface area contributed by atoms with Crippen LogP contribution in [0.1, 0.15) is 30.9 Å². The number of nitrogens with two attached hydrogens (primary N) is 1. The van der Waals surface area contributed by atoms with E-state index in [0.717, 1.165) is 32.2 Å². The largest absolute Gasteiger partial charge is 0.383 e. The highest BCUT2D eigenvalue weighted by molar-refractivity contribution is 5.18. The highest BCUT2D eigenvalue weighted by atomic mass is 16.5. The van der Waals surface area contributed by atoms with Gasteiger partial charge in [0.1, 0.15) is 0 Å². The van der Waals surface area contributed by atoms with Crippen LogP contribution in [-0.2, 0) is 4.74 Å². The van der Waals surface area contributed by atoms with Gasteiger partial charge in [0.05, 0.1) is 6.61 Å². The third-order valence-corrected chi connectivity index (χ3v) is 3.60. The van der Waals surface area contributed by atoms with Crippen LogP contribution in [0.25, 0.3) is 0 Å². The zero-order chi connectivity index (χ0) is 12.8. The van der Waals surface area contributed by atoms with E-state index in [1.165, 1.54) is 18.4 Å². The van der Waals surface area contributed by atoms with Crippen LogP contribution in [0.4, 0.5) is 0 Å². The van der Waals surface area contributed by atoms with Gasteiger partial charge < -0.3 is 10.5 Å². The van der Waals surface area contributed by atoms with E-state index in [1.54, 1.807) is 7.11 Å². The molecule has 1 fully saturated rings. The van der Waals surface area contributed by atoms with E-state index in [2.05, 4.69) is 29.2 Å². The van der Waals surface area contributed by atoms with Gasteiger partial charge in [-0.25, -0.2) is 0 Å². The second-order valence-corrected chi connectivity index (χ2v) is 5.07. The molecule has 0 radical (unpaired) electrons. The van der Waals surface area contributed by atoms with Gasteiger partial charge >= 0.3 is 0 Å². The number of hydrogen-bond acceptors (Lipinski definition) is 3. The second kappa shape index (κ2) is 6.88. The second-order valence-electron chi connectivity index (χ2n) is 5.07. The molecule has 1 saturated carbocycles. The van der Waals surface area contributed by atoms with Crippen molar-refractivity contribution in [3.05, 3.63) is 35.9 Å². The van der Waals surface area contributed by atoms with Crippen LogP contribution in [0.3, 0.4) is 0 Å². The smallest absolute Gasteiger partial charge is 0.0589 e. The van der Waals surface area contributed by atoms with Crippen LogP contribution in [0.2, 0.25) is 0 Å². The Morgan fingerprint density at radius 1 is 1.28 bits per heavy atom. The Kier molecular flexibility index (Phi) is 5.17. The normalized spacial score (nSPS) is 17.1. The summed E-state index contributed by atoms with van der Waals surface area (Å²) in [6.45, 7) is 2.92. The standard InChI is InChI=1S/C15H24N2O/c1-18-12-11-17(14-7-8-14)10-9-15(16)13-5-3-2-4-6-13/h2-6,14-15H,7-12,16H2,1H3. The maximum absolute atomic E-state index is 6.23. The Balaban J connectivity index is 1.78. The molecule has 1 unspecified atom stereocenters. The van der Waals surface area contributed by atoms with Crippen LogP contribution in [0.15, 0.2) is 30.3 Å². The summed E-state index contributed by atoms with van der Waals surface area (Å²) >= 11 is 0. The van der Waals surface area contributed by atoms with Crippen molar-refractivity contribution in [2.45, 2.75) is 31.3 Å². The lowest BCUT2D eigenvalue weighted by Crippen LogP contribution is -2.32. The Morgan fingerprint density at radius 3 is 2.61 bits per heavy atom. The first-order chi connectivity index (χ1) is 8.81. The van der Waals surface area contributed by atoms with Crippen LogP contribution in [0, 0.1) is 0 Å². The minimum atomic E-state index is 0.148. The Labute approximate surface area is 110 Å². The number of ether oxygens (including phenoxy) is 1. The predicted molar refractivity (Wildman–Crippen MR) is 74.5 cm³/mol. The summed E-state index contributed by atoms with van der Waals surface area (Å²) in [7, 11) is 1.76. The zero-order valence-corrected chi connectivity index (χ0v) is 11.2. The van der Waals surface area contributed by atoms with Crippen molar-refractivity contribution >= 4 is 0 Å². The van der Waals surface area contributed by atoms with E-state index in [1.807, 2.05) is 6.07 Å². The monoisotopic (exact) mass is 248 g/mol. The molecule has 0 heterocycles. The molecule has 1 aliphatic carbocycles. The highest BCUT2D eigenvalue weighted by Crippen LogP contribution is 2.27. The van der Waals surface area contributed by atoms with Gasteiger partial charge in [0.25, 0.3) is 0 Å². The van der Waals surface area contributed by atoms with E-state index in [4.69, 9.17) is 10.5 Å². The highest BCUT2D eigenvalue weighted by Gasteiger charge is 2.28. The molecule has 2 N–H and O–H groups in total. The van der Waals surface area contributed by atoms with Crippen molar-refractivity contribution in [1.29, 1.82) is 0 Å². The molecule has 0 aromatic heterocycles. The van der Waals surface area contributed by atoms with Crippen LogP contribution < -0.4 is 5.73 Å². The Morgan fingerprint density at radius 2 is 2.00 bits per heavy atom. The molecule has 1 atom stereocenters. The van der Waals surface area contributed by atoms with Gasteiger partial charge in [-0.15, -0.1) is 0 Å². The van der Waals surface area contributed by atoms with Gasteiger partial charge in [-0.1, -0.05) is 30.3 Å². The average molecular weight is 248 g/mol. The van der Waals surface area contributed by atoms with Gasteiger partial charge in [-0.05, 0) is 24.8 Å². The van der Waals surface area contributed by atoms with E-state index < -0.39 is 0 Å². The van der Waals surface area contributed by atoms with Gasteiger partial charge in [-0.2, -0.15) is 0 Å². The van der Waals surface area contributed by atoms with E-state index in [9.17, 15) is 0 Å². The molecule has 0 aliphatic heterocycles. The molecular weight excluding hydrogens is 224 g/mol. The zero-order valence-electron chi connectivity index (χ0n) is 11.2. The minimum Gasteiger partial charge on any atom is -0.383 e. The molecule has 3 nitrogen and oxygen atoms in total. The summed E-state index contributed by atoms with van der Waals surface area (Å²) in [6, 6.07) is 11.3. The fourth-order valence-corrected chi connectivity index (χ4v) is 2.30.